The molecule has 2 saturated heterocycles. The van der Waals surface area contributed by atoms with Crippen molar-refractivity contribution in [3.63, 3.8) is 0 Å². The summed E-state index contributed by atoms with van der Waals surface area (Å²) in [7, 11) is 0. The highest BCUT2D eigenvalue weighted by atomic mass is 16.4. The average Bonchev–Trinajstić information content (AvgIpc) is 2.29. The molecule has 0 unspecified atom stereocenters. The fourth-order valence-electron chi connectivity index (χ4n) is 2.59. The number of nitrogens with one attached hydrogen (secondary N) is 1. The van der Waals surface area contributed by atoms with Crippen LogP contribution < -0.4 is 5.32 Å². The molecule has 2 rings (SSSR count). The van der Waals surface area contributed by atoms with Gasteiger partial charge in [0.25, 0.3) is 0 Å². The highest BCUT2D eigenvalue weighted by Crippen LogP contribution is 2.32. The van der Waals surface area contributed by atoms with Crippen LogP contribution in [-0.2, 0) is 4.79 Å². The van der Waals surface area contributed by atoms with Crippen molar-refractivity contribution in [2.45, 2.75) is 44.2 Å². The lowest BCUT2D eigenvalue weighted by Crippen LogP contribution is -2.38. The summed E-state index contributed by atoms with van der Waals surface area (Å²) in [6, 6.07) is 1.24. The summed E-state index contributed by atoms with van der Waals surface area (Å²) in [4.78, 5) is 10.5. The molecule has 0 aromatic heterocycles. The van der Waals surface area contributed by atoms with Crippen molar-refractivity contribution in [3.05, 3.63) is 0 Å². The third-order valence-electron chi connectivity index (χ3n) is 3.03. The van der Waals surface area contributed by atoms with Crippen LogP contribution >= 0.6 is 0 Å². The quantitative estimate of drug-likeness (QED) is 0.648. The number of hydrogen-bond acceptors (Lipinski definition) is 2. The lowest BCUT2D eigenvalue weighted by atomic mass is 9.90. The van der Waals surface area contributed by atoms with Crippen molar-refractivity contribution in [3.8, 4) is 0 Å². The zero-order chi connectivity index (χ0) is 8.55. The minimum atomic E-state index is -0.638. The number of aliphatic carboxylic acids is 1. The van der Waals surface area contributed by atoms with Gasteiger partial charge in [-0.05, 0) is 31.6 Å². The van der Waals surface area contributed by atoms with Crippen molar-refractivity contribution in [1.82, 2.24) is 5.32 Å². The smallest absolute Gasteiger partial charge is 0.303 e. The van der Waals surface area contributed by atoms with Gasteiger partial charge in [-0.15, -0.1) is 0 Å². The summed E-state index contributed by atoms with van der Waals surface area (Å²) >= 11 is 0. The van der Waals surface area contributed by atoms with E-state index in [1.54, 1.807) is 0 Å². The molecule has 3 nitrogen and oxygen atoms in total. The Morgan fingerprint density at radius 2 is 1.92 bits per heavy atom. The number of carbonyl (C=O) groups is 1. The van der Waals surface area contributed by atoms with Crippen molar-refractivity contribution in [1.29, 1.82) is 0 Å². The molecule has 2 heterocycles. The maximum atomic E-state index is 10.5. The fourth-order valence-corrected chi connectivity index (χ4v) is 2.59. The van der Waals surface area contributed by atoms with E-state index in [0.29, 0.717) is 24.4 Å². The van der Waals surface area contributed by atoms with Crippen molar-refractivity contribution in [2.24, 2.45) is 5.92 Å². The van der Waals surface area contributed by atoms with Crippen molar-refractivity contribution >= 4 is 5.97 Å². The molecule has 0 radical (unpaired) electrons. The number of carboxylic acids is 1. The summed E-state index contributed by atoms with van der Waals surface area (Å²) < 4.78 is 0. The van der Waals surface area contributed by atoms with Gasteiger partial charge in [0.05, 0.1) is 0 Å². The molecule has 0 aliphatic carbocycles. The van der Waals surface area contributed by atoms with Gasteiger partial charge in [-0.25, -0.2) is 0 Å². The Morgan fingerprint density at radius 1 is 1.33 bits per heavy atom. The Balaban J connectivity index is 1.89. The SMILES string of the molecule is O=C(O)C[C@H]1C[C@H]2CC[C@@H](C1)N2. The Hall–Kier alpha value is -0.570. The van der Waals surface area contributed by atoms with E-state index in [1.165, 1.54) is 12.8 Å². The second kappa shape index (κ2) is 3.05. The molecule has 2 aliphatic heterocycles. The Kier molecular flexibility index (Phi) is 2.05. The first-order valence-electron chi connectivity index (χ1n) is 4.72. The molecule has 2 fully saturated rings. The van der Waals surface area contributed by atoms with Gasteiger partial charge in [0.1, 0.15) is 0 Å². The van der Waals surface area contributed by atoms with E-state index in [9.17, 15) is 4.79 Å². The number of rotatable bonds is 2. The van der Waals surface area contributed by atoms with Gasteiger partial charge in [-0.2, -0.15) is 0 Å². The van der Waals surface area contributed by atoms with Gasteiger partial charge in [0.2, 0.25) is 0 Å². The van der Waals surface area contributed by atoms with E-state index < -0.39 is 5.97 Å². The molecule has 0 spiro atoms. The highest BCUT2D eigenvalue weighted by molar-refractivity contribution is 5.67. The first-order valence-corrected chi connectivity index (χ1v) is 4.72. The van der Waals surface area contributed by atoms with Crippen LogP contribution in [0.2, 0.25) is 0 Å². The van der Waals surface area contributed by atoms with Gasteiger partial charge < -0.3 is 10.4 Å². The Labute approximate surface area is 72.2 Å². The highest BCUT2D eigenvalue weighted by Gasteiger charge is 2.33. The van der Waals surface area contributed by atoms with Crippen LogP contribution in [0.3, 0.4) is 0 Å². The number of carboxylic acid groups (broad SMARTS) is 1. The van der Waals surface area contributed by atoms with Crippen molar-refractivity contribution in [2.75, 3.05) is 0 Å². The van der Waals surface area contributed by atoms with E-state index in [2.05, 4.69) is 5.32 Å². The molecule has 0 amide bonds. The third-order valence-corrected chi connectivity index (χ3v) is 3.03. The second-order valence-electron chi connectivity index (χ2n) is 4.07. The molecule has 68 valence electrons. The van der Waals surface area contributed by atoms with Crippen molar-refractivity contribution < 1.29 is 9.90 Å². The van der Waals surface area contributed by atoms with Crippen LogP contribution in [0.5, 0.6) is 0 Å². The molecule has 0 aromatic carbocycles. The number of hydrogen-bond donors (Lipinski definition) is 2. The fraction of sp³-hybridized carbons (Fsp3) is 0.889. The van der Waals surface area contributed by atoms with Crippen LogP contribution in [0.15, 0.2) is 0 Å². The topological polar surface area (TPSA) is 49.3 Å². The normalized spacial score (nSPS) is 39.8. The molecule has 12 heavy (non-hydrogen) atoms. The minimum absolute atomic E-state index is 0.370. The molecule has 2 bridgehead atoms. The zero-order valence-electron chi connectivity index (χ0n) is 7.12. The van der Waals surface area contributed by atoms with E-state index >= 15 is 0 Å². The van der Waals surface area contributed by atoms with Crippen LogP contribution in [-0.4, -0.2) is 23.2 Å². The van der Waals surface area contributed by atoms with Crippen LogP contribution in [0, 0.1) is 5.92 Å². The van der Waals surface area contributed by atoms with E-state index in [-0.39, 0.29) is 0 Å². The third kappa shape index (κ3) is 1.61. The van der Waals surface area contributed by atoms with Gasteiger partial charge in [-0.3, -0.25) is 4.79 Å². The van der Waals surface area contributed by atoms with Gasteiger partial charge in [0, 0.05) is 18.5 Å². The van der Waals surface area contributed by atoms with Crippen LogP contribution in [0.25, 0.3) is 0 Å². The molecule has 0 aromatic rings. The van der Waals surface area contributed by atoms with E-state index in [0.717, 1.165) is 12.8 Å². The number of fused-ring (bicyclic) bond motifs is 2. The minimum Gasteiger partial charge on any atom is -0.481 e. The summed E-state index contributed by atoms with van der Waals surface area (Å²) in [5, 5.41) is 12.1. The summed E-state index contributed by atoms with van der Waals surface area (Å²) in [5.74, 6) is -0.206. The predicted molar refractivity (Wildman–Crippen MR) is 44.9 cm³/mol. The lowest BCUT2D eigenvalue weighted by Gasteiger charge is -2.27. The zero-order valence-corrected chi connectivity index (χ0v) is 7.12. The molecule has 0 saturated carbocycles. The Bertz CT molecular complexity index is 181. The number of piperidine rings is 1. The Morgan fingerprint density at radius 3 is 2.42 bits per heavy atom. The first-order chi connectivity index (χ1) is 5.74. The molecule has 3 heteroatoms. The molecule has 3 atom stereocenters. The second-order valence-corrected chi connectivity index (χ2v) is 4.07. The van der Waals surface area contributed by atoms with E-state index in [1.807, 2.05) is 0 Å². The average molecular weight is 169 g/mol. The standard InChI is InChI=1S/C9H15NO2/c11-9(12)5-6-3-7-1-2-8(4-6)10-7/h6-8,10H,1-5H2,(H,11,12)/t6-,7+,8-. The molecular formula is C9H15NO2. The molecular weight excluding hydrogens is 154 g/mol. The van der Waals surface area contributed by atoms with Crippen LogP contribution in [0.4, 0.5) is 0 Å². The summed E-state index contributed by atoms with van der Waals surface area (Å²) in [5.41, 5.74) is 0. The summed E-state index contributed by atoms with van der Waals surface area (Å²) in [6.45, 7) is 0. The maximum absolute atomic E-state index is 10.5. The maximum Gasteiger partial charge on any atom is 0.303 e. The summed E-state index contributed by atoms with van der Waals surface area (Å²) in [6.07, 6.45) is 5.02. The van der Waals surface area contributed by atoms with Gasteiger partial charge in [-0.1, -0.05) is 0 Å². The first kappa shape index (κ1) is 8.05. The van der Waals surface area contributed by atoms with E-state index in [4.69, 9.17) is 5.11 Å². The monoisotopic (exact) mass is 169 g/mol. The predicted octanol–water partition coefficient (Wildman–Crippen LogP) is 0.992. The lowest BCUT2D eigenvalue weighted by molar-refractivity contribution is -0.138. The van der Waals surface area contributed by atoms with Gasteiger partial charge >= 0.3 is 5.97 Å². The van der Waals surface area contributed by atoms with Crippen LogP contribution in [0.1, 0.15) is 32.1 Å². The van der Waals surface area contributed by atoms with Gasteiger partial charge in [0.15, 0.2) is 0 Å². The molecule has 2 N–H and O–H groups in total. The largest absolute Gasteiger partial charge is 0.481 e. The molecule has 2 aliphatic rings.